The molecule has 7 heteroatoms. The molecule has 1 aliphatic heterocycles. The maximum atomic E-state index is 12.1. The zero-order valence-electron chi connectivity index (χ0n) is 12.4. The second-order valence-electron chi connectivity index (χ2n) is 5.33. The summed E-state index contributed by atoms with van der Waals surface area (Å²) in [4.78, 5) is 6.91. The smallest absolute Gasteiger partial charge is 0.263 e. The largest absolute Gasteiger partial charge is 0.301 e. The van der Waals surface area contributed by atoms with E-state index in [1.54, 1.807) is 29.5 Å². The van der Waals surface area contributed by atoms with Gasteiger partial charge in [-0.2, -0.15) is 11.3 Å². The van der Waals surface area contributed by atoms with Gasteiger partial charge in [0.15, 0.2) is 0 Å². The first kappa shape index (κ1) is 15.2. The van der Waals surface area contributed by atoms with Gasteiger partial charge in [0.05, 0.1) is 17.5 Å². The van der Waals surface area contributed by atoms with Gasteiger partial charge in [-0.25, -0.2) is 8.42 Å². The average molecular weight is 335 g/mol. The van der Waals surface area contributed by atoms with E-state index in [2.05, 4.69) is 26.1 Å². The quantitative estimate of drug-likeness (QED) is 0.931. The molecule has 1 N–H and O–H groups in total. The zero-order chi connectivity index (χ0) is 15.7. The van der Waals surface area contributed by atoms with Crippen molar-refractivity contribution in [2.75, 3.05) is 20.6 Å². The van der Waals surface area contributed by atoms with Crippen LogP contribution in [0, 0.1) is 0 Å². The summed E-state index contributed by atoms with van der Waals surface area (Å²) < 4.78 is 26.7. The zero-order valence-corrected chi connectivity index (χ0v) is 14.0. The van der Waals surface area contributed by atoms with Crippen molar-refractivity contribution in [3.63, 3.8) is 0 Å². The van der Waals surface area contributed by atoms with Gasteiger partial charge in [0.1, 0.15) is 5.84 Å². The summed E-state index contributed by atoms with van der Waals surface area (Å²) in [7, 11) is 0.522. The third kappa shape index (κ3) is 2.79. The monoisotopic (exact) mass is 335 g/mol. The average Bonchev–Trinajstić information content (AvgIpc) is 3.07. The number of hydrogen-bond donors (Lipinski definition) is 1. The molecular formula is C15H17N3O2S2. The normalized spacial score (nSPS) is 19.1. The van der Waals surface area contributed by atoms with E-state index in [-0.39, 0.29) is 6.04 Å². The van der Waals surface area contributed by atoms with Crippen LogP contribution in [0.4, 0.5) is 0 Å². The number of amidine groups is 1. The maximum Gasteiger partial charge on any atom is 0.263 e. The van der Waals surface area contributed by atoms with Crippen LogP contribution in [0.15, 0.2) is 51.0 Å². The molecule has 1 aromatic carbocycles. The molecule has 0 bridgehead atoms. The van der Waals surface area contributed by atoms with Crippen molar-refractivity contribution in [2.45, 2.75) is 10.9 Å². The van der Waals surface area contributed by atoms with Crippen LogP contribution in [0.1, 0.15) is 17.2 Å². The number of rotatable bonds is 4. The topological polar surface area (TPSA) is 61.8 Å². The highest BCUT2D eigenvalue weighted by molar-refractivity contribution is 7.90. The van der Waals surface area contributed by atoms with Gasteiger partial charge >= 0.3 is 0 Å². The minimum absolute atomic E-state index is 0.121. The first-order valence-corrected chi connectivity index (χ1v) is 9.27. The lowest BCUT2D eigenvalue weighted by atomic mass is 10.1. The van der Waals surface area contributed by atoms with Crippen LogP contribution < -0.4 is 4.72 Å². The molecule has 3 rings (SSSR count). The molecule has 2 heterocycles. The number of nitrogens with zero attached hydrogens (tertiary/aromatic N) is 2. The Morgan fingerprint density at radius 2 is 2.05 bits per heavy atom. The van der Waals surface area contributed by atoms with E-state index in [0.717, 1.165) is 0 Å². The summed E-state index contributed by atoms with van der Waals surface area (Å²) in [6, 6.07) is 9.11. The number of fused-ring (bicyclic) bond motifs is 1. The first-order valence-electron chi connectivity index (χ1n) is 6.84. The molecule has 5 nitrogen and oxygen atoms in total. The van der Waals surface area contributed by atoms with Crippen molar-refractivity contribution < 1.29 is 8.42 Å². The Hall–Kier alpha value is -1.70. The Balaban J connectivity index is 1.91. The van der Waals surface area contributed by atoms with E-state index in [1.807, 2.05) is 25.5 Å². The molecule has 0 unspecified atom stereocenters. The lowest BCUT2D eigenvalue weighted by molar-refractivity contribution is 0.307. The van der Waals surface area contributed by atoms with E-state index in [0.29, 0.717) is 22.8 Å². The van der Waals surface area contributed by atoms with Gasteiger partial charge in [0.2, 0.25) is 0 Å². The maximum absolute atomic E-state index is 12.1. The summed E-state index contributed by atoms with van der Waals surface area (Å²) >= 11 is 1.65. The SMILES string of the molecule is CN(C)[C@@H](CN=C1NS(=O)(=O)c2ccccc21)c1ccsc1. The highest BCUT2D eigenvalue weighted by Crippen LogP contribution is 2.24. The van der Waals surface area contributed by atoms with E-state index < -0.39 is 10.0 Å². The standard InChI is InChI=1S/C15H17N3O2S2/c1-18(2)13(11-7-8-21-10-11)9-16-15-12-5-3-4-6-14(12)22(19,20)17-15/h3-8,10,13H,9H2,1-2H3,(H,16,17)/t13-/m0/s1. The lowest BCUT2D eigenvalue weighted by Crippen LogP contribution is -2.26. The molecule has 1 aliphatic rings. The Morgan fingerprint density at radius 3 is 2.73 bits per heavy atom. The third-order valence-electron chi connectivity index (χ3n) is 3.64. The minimum atomic E-state index is -3.47. The summed E-state index contributed by atoms with van der Waals surface area (Å²) in [6.45, 7) is 0.496. The highest BCUT2D eigenvalue weighted by Gasteiger charge is 2.30. The second-order valence-corrected chi connectivity index (χ2v) is 7.76. The summed E-state index contributed by atoms with van der Waals surface area (Å²) in [5.74, 6) is 0.428. The van der Waals surface area contributed by atoms with Crippen LogP contribution in [0.5, 0.6) is 0 Å². The van der Waals surface area contributed by atoms with Crippen LogP contribution in [-0.2, 0) is 10.0 Å². The molecule has 0 fully saturated rings. The molecular weight excluding hydrogens is 318 g/mol. The number of hydrogen-bond acceptors (Lipinski definition) is 5. The number of aliphatic imine (C=N–C) groups is 1. The van der Waals surface area contributed by atoms with Gasteiger partial charge in [-0.1, -0.05) is 12.1 Å². The van der Waals surface area contributed by atoms with E-state index in [1.165, 1.54) is 5.56 Å². The molecule has 116 valence electrons. The van der Waals surface area contributed by atoms with Gasteiger partial charge in [-0.15, -0.1) is 0 Å². The van der Waals surface area contributed by atoms with Gasteiger partial charge in [-0.3, -0.25) is 9.71 Å². The molecule has 1 aromatic heterocycles. The Morgan fingerprint density at radius 1 is 1.27 bits per heavy atom. The number of sulfonamides is 1. The third-order valence-corrected chi connectivity index (χ3v) is 5.73. The number of nitrogens with one attached hydrogen (secondary N) is 1. The molecule has 0 radical (unpaired) electrons. The van der Waals surface area contributed by atoms with Gasteiger partial charge in [-0.05, 0) is 48.6 Å². The van der Waals surface area contributed by atoms with Gasteiger partial charge in [0, 0.05) is 5.56 Å². The van der Waals surface area contributed by atoms with Gasteiger partial charge in [0.25, 0.3) is 10.0 Å². The predicted molar refractivity (Wildman–Crippen MR) is 88.9 cm³/mol. The number of likely N-dealkylation sites (N-methyl/N-ethyl adjacent to an activating group) is 1. The summed E-state index contributed by atoms with van der Waals surface area (Å²) in [6.07, 6.45) is 0. The minimum Gasteiger partial charge on any atom is -0.301 e. The van der Waals surface area contributed by atoms with E-state index >= 15 is 0 Å². The molecule has 0 aliphatic carbocycles. The number of benzene rings is 1. The molecule has 0 spiro atoms. The van der Waals surface area contributed by atoms with Gasteiger partial charge < -0.3 is 4.90 Å². The van der Waals surface area contributed by atoms with Crippen LogP contribution in [0.3, 0.4) is 0 Å². The van der Waals surface area contributed by atoms with Crippen molar-refractivity contribution in [3.8, 4) is 0 Å². The molecule has 1 atom stereocenters. The fraction of sp³-hybridized carbons (Fsp3) is 0.267. The molecule has 22 heavy (non-hydrogen) atoms. The van der Waals surface area contributed by atoms with Crippen LogP contribution in [0.25, 0.3) is 0 Å². The van der Waals surface area contributed by atoms with Crippen LogP contribution >= 0.6 is 11.3 Å². The predicted octanol–water partition coefficient (Wildman–Crippen LogP) is 2.09. The van der Waals surface area contributed by atoms with E-state index in [4.69, 9.17) is 0 Å². The molecule has 0 saturated carbocycles. The van der Waals surface area contributed by atoms with Crippen molar-refractivity contribution in [1.82, 2.24) is 9.62 Å². The van der Waals surface area contributed by atoms with Crippen molar-refractivity contribution in [2.24, 2.45) is 4.99 Å². The van der Waals surface area contributed by atoms with Crippen LogP contribution in [-0.4, -0.2) is 39.8 Å². The first-order chi connectivity index (χ1) is 10.5. The van der Waals surface area contributed by atoms with Crippen molar-refractivity contribution in [3.05, 3.63) is 52.2 Å². The van der Waals surface area contributed by atoms with E-state index in [9.17, 15) is 8.42 Å². The molecule has 0 amide bonds. The Bertz CT molecular complexity index is 796. The lowest BCUT2D eigenvalue weighted by Gasteiger charge is -2.21. The fourth-order valence-corrected chi connectivity index (χ4v) is 4.42. The Labute approximate surface area is 134 Å². The summed E-state index contributed by atoms with van der Waals surface area (Å²) in [5, 5.41) is 4.13. The highest BCUT2D eigenvalue weighted by atomic mass is 32.2. The van der Waals surface area contributed by atoms with Crippen molar-refractivity contribution in [1.29, 1.82) is 0 Å². The molecule has 2 aromatic rings. The second kappa shape index (κ2) is 5.83. The fourth-order valence-electron chi connectivity index (χ4n) is 2.46. The summed E-state index contributed by atoms with van der Waals surface area (Å²) in [5.41, 5.74) is 1.83. The molecule has 0 saturated heterocycles. The number of thiophene rings is 1. The Kier molecular flexibility index (Phi) is 4.03. The van der Waals surface area contributed by atoms with Crippen molar-refractivity contribution >= 4 is 27.2 Å². The van der Waals surface area contributed by atoms with Crippen LogP contribution in [0.2, 0.25) is 0 Å².